The normalized spacial score (nSPS) is 15.1. The lowest BCUT2D eigenvalue weighted by Crippen LogP contribution is -2.28. The molecule has 0 unspecified atom stereocenters. The van der Waals surface area contributed by atoms with Gasteiger partial charge in [-0.25, -0.2) is 4.79 Å². The molecule has 0 bridgehead atoms. The molecule has 0 radical (unpaired) electrons. The highest BCUT2D eigenvalue weighted by Crippen LogP contribution is 2.35. The van der Waals surface area contributed by atoms with Crippen LogP contribution in [0.2, 0.25) is 0 Å². The molecular formula is C20H29N5OS. The number of urea groups is 1. The molecule has 1 fully saturated rings. The van der Waals surface area contributed by atoms with Crippen molar-refractivity contribution in [3.8, 4) is 0 Å². The zero-order chi connectivity index (χ0) is 19.1. The first-order valence-corrected chi connectivity index (χ1v) is 10.6. The van der Waals surface area contributed by atoms with Crippen LogP contribution in [0.1, 0.15) is 61.1 Å². The third-order valence-electron chi connectivity index (χ3n) is 5.05. The van der Waals surface area contributed by atoms with E-state index in [0.717, 1.165) is 23.7 Å². The number of benzene rings is 1. The zero-order valence-electron chi connectivity index (χ0n) is 16.2. The van der Waals surface area contributed by atoms with Gasteiger partial charge >= 0.3 is 6.03 Å². The third-order valence-corrected chi connectivity index (χ3v) is 6.05. The van der Waals surface area contributed by atoms with Crippen molar-refractivity contribution in [3.63, 3.8) is 0 Å². The standard InChI is InChI=1S/C20H29N5OS/c1-3-25(2)14-16-9-7-8-15(12-16)13-21-19(26)22-20-24-23-18(27-20)17-10-5-4-6-11-17/h7-9,12,17H,3-6,10-11,13-14H2,1-2H3,(H2,21,22,24,26). The van der Waals surface area contributed by atoms with E-state index in [1.54, 1.807) is 0 Å². The second-order valence-corrected chi connectivity index (χ2v) is 8.25. The van der Waals surface area contributed by atoms with E-state index in [9.17, 15) is 4.79 Å². The lowest BCUT2D eigenvalue weighted by Gasteiger charge is -2.18. The predicted octanol–water partition coefficient (Wildman–Crippen LogP) is 4.36. The smallest absolute Gasteiger partial charge is 0.321 e. The topological polar surface area (TPSA) is 70.2 Å². The Morgan fingerprint density at radius 1 is 1.22 bits per heavy atom. The van der Waals surface area contributed by atoms with Gasteiger partial charge in [0.1, 0.15) is 5.01 Å². The molecule has 1 aliphatic carbocycles. The minimum Gasteiger partial charge on any atom is -0.334 e. The van der Waals surface area contributed by atoms with Crippen molar-refractivity contribution in [1.82, 2.24) is 20.4 Å². The molecule has 1 aromatic heterocycles. The molecule has 0 atom stereocenters. The molecule has 3 rings (SSSR count). The third kappa shape index (κ3) is 6.01. The molecule has 27 heavy (non-hydrogen) atoms. The van der Waals surface area contributed by atoms with Gasteiger partial charge in [0.25, 0.3) is 0 Å². The van der Waals surface area contributed by atoms with Gasteiger partial charge < -0.3 is 10.2 Å². The van der Waals surface area contributed by atoms with E-state index in [-0.39, 0.29) is 6.03 Å². The van der Waals surface area contributed by atoms with Crippen LogP contribution in [0.25, 0.3) is 0 Å². The molecule has 2 N–H and O–H groups in total. The summed E-state index contributed by atoms with van der Waals surface area (Å²) in [6.07, 6.45) is 6.22. The van der Waals surface area contributed by atoms with Gasteiger partial charge in [-0.1, -0.05) is 61.8 Å². The molecule has 1 saturated carbocycles. The highest BCUT2D eigenvalue weighted by Gasteiger charge is 2.20. The Balaban J connectivity index is 1.48. The fraction of sp³-hybridized carbons (Fsp3) is 0.550. The molecule has 0 spiro atoms. The van der Waals surface area contributed by atoms with Gasteiger partial charge in [-0.05, 0) is 37.6 Å². The van der Waals surface area contributed by atoms with Crippen LogP contribution in [-0.4, -0.2) is 34.7 Å². The van der Waals surface area contributed by atoms with Crippen molar-refractivity contribution in [2.24, 2.45) is 0 Å². The lowest BCUT2D eigenvalue weighted by atomic mass is 9.90. The van der Waals surface area contributed by atoms with Crippen LogP contribution in [0.15, 0.2) is 24.3 Å². The van der Waals surface area contributed by atoms with Crippen LogP contribution >= 0.6 is 11.3 Å². The number of rotatable bonds is 7. The SMILES string of the molecule is CCN(C)Cc1cccc(CNC(=O)Nc2nnc(C3CCCCC3)s2)c1. The summed E-state index contributed by atoms with van der Waals surface area (Å²) in [5.41, 5.74) is 2.34. The maximum absolute atomic E-state index is 12.2. The summed E-state index contributed by atoms with van der Waals surface area (Å²) in [7, 11) is 2.10. The van der Waals surface area contributed by atoms with E-state index in [0.29, 0.717) is 17.6 Å². The molecule has 1 aromatic carbocycles. The quantitative estimate of drug-likeness (QED) is 0.740. The van der Waals surface area contributed by atoms with E-state index < -0.39 is 0 Å². The molecule has 1 heterocycles. The van der Waals surface area contributed by atoms with Gasteiger partial charge in [0.05, 0.1) is 0 Å². The monoisotopic (exact) mass is 387 g/mol. The van der Waals surface area contributed by atoms with E-state index in [4.69, 9.17) is 0 Å². The molecule has 1 aliphatic rings. The van der Waals surface area contributed by atoms with E-state index in [1.807, 2.05) is 12.1 Å². The maximum Gasteiger partial charge on any atom is 0.321 e. The number of hydrogen-bond donors (Lipinski definition) is 2. The number of anilines is 1. The lowest BCUT2D eigenvalue weighted by molar-refractivity contribution is 0.251. The Morgan fingerprint density at radius 2 is 2.00 bits per heavy atom. The Kier molecular flexibility index (Phi) is 7.18. The summed E-state index contributed by atoms with van der Waals surface area (Å²) in [5.74, 6) is 0.513. The number of carbonyl (C=O) groups excluding carboxylic acids is 1. The number of amides is 2. The Labute approximate surface area is 165 Å². The summed E-state index contributed by atoms with van der Waals surface area (Å²) < 4.78 is 0. The molecular weight excluding hydrogens is 358 g/mol. The first kappa shape index (κ1) is 19.8. The number of nitrogens with zero attached hydrogens (tertiary/aromatic N) is 3. The second-order valence-electron chi connectivity index (χ2n) is 7.24. The van der Waals surface area contributed by atoms with Gasteiger partial charge in [-0.15, -0.1) is 10.2 Å². The van der Waals surface area contributed by atoms with Crippen molar-refractivity contribution in [2.75, 3.05) is 18.9 Å². The Morgan fingerprint density at radius 3 is 2.78 bits per heavy atom. The predicted molar refractivity (Wildman–Crippen MR) is 110 cm³/mol. The van der Waals surface area contributed by atoms with Gasteiger partial charge in [0.2, 0.25) is 5.13 Å². The van der Waals surface area contributed by atoms with Crippen LogP contribution in [-0.2, 0) is 13.1 Å². The largest absolute Gasteiger partial charge is 0.334 e. The maximum atomic E-state index is 12.2. The van der Waals surface area contributed by atoms with Crippen LogP contribution in [0.3, 0.4) is 0 Å². The number of hydrogen-bond acceptors (Lipinski definition) is 5. The minimum absolute atomic E-state index is 0.238. The molecule has 2 amide bonds. The van der Waals surface area contributed by atoms with Crippen molar-refractivity contribution < 1.29 is 4.79 Å². The van der Waals surface area contributed by atoms with Gasteiger partial charge in [0, 0.05) is 19.0 Å². The average molecular weight is 388 g/mol. The molecule has 146 valence electrons. The molecule has 6 nitrogen and oxygen atoms in total. The average Bonchev–Trinajstić information content (AvgIpc) is 3.16. The zero-order valence-corrected chi connectivity index (χ0v) is 17.0. The fourth-order valence-electron chi connectivity index (χ4n) is 3.38. The minimum atomic E-state index is -0.238. The highest BCUT2D eigenvalue weighted by atomic mass is 32.1. The van der Waals surface area contributed by atoms with Crippen molar-refractivity contribution in [1.29, 1.82) is 0 Å². The van der Waals surface area contributed by atoms with E-state index in [1.165, 1.54) is 49.0 Å². The van der Waals surface area contributed by atoms with Gasteiger partial charge in [-0.2, -0.15) is 0 Å². The summed E-state index contributed by atoms with van der Waals surface area (Å²) in [4.78, 5) is 14.4. The van der Waals surface area contributed by atoms with Crippen molar-refractivity contribution in [3.05, 3.63) is 40.4 Å². The molecule has 7 heteroatoms. The number of nitrogens with one attached hydrogen (secondary N) is 2. The van der Waals surface area contributed by atoms with E-state index in [2.05, 4.69) is 51.8 Å². The number of aromatic nitrogens is 2. The van der Waals surface area contributed by atoms with Crippen LogP contribution in [0, 0.1) is 0 Å². The second kappa shape index (κ2) is 9.80. The van der Waals surface area contributed by atoms with Crippen molar-refractivity contribution in [2.45, 2.75) is 58.0 Å². The summed E-state index contributed by atoms with van der Waals surface area (Å²) in [5, 5.41) is 15.8. The van der Waals surface area contributed by atoms with Crippen LogP contribution < -0.4 is 10.6 Å². The highest BCUT2D eigenvalue weighted by molar-refractivity contribution is 7.15. The van der Waals surface area contributed by atoms with E-state index >= 15 is 0 Å². The summed E-state index contributed by atoms with van der Waals surface area (Å²) in [6.45, 7) is 4.55. The molecule has 0 saturated heterocycles. The Hall–Kier alpha value is -1.99. The van der Waals surface area contributed by atoms with Crippen molar-refractivity contribution >= 4 is 22.5 Å². The first-order valence-electron chi connectivity index (χ1n) is 9.78. The molecule has 2 aromatic rings. The van der Waals surface area contributed by atoms with Gasteiger partial charge in [0.15, 0.2) is 0 Å². The molecule has 0 aliphatic heterocycles. The number of carbonyl (C=O) groups is 1. The fourth-order valence-corrected chi connectivity index (χ4v) is 4.29. The summed E-state index contributed by atoms with van der Waals surface area (Å²) in [6, 6.07) is 8.08. The van der Waals surface area contributed by atoms with Crippen LogP contribution in [0.5, 0.6) is 0 Å². The van der Waals surface area contributed by atoms with Crippen LogP contribution in [0.4, 0.5) is 9.93 Å². The summed E-state index contributed by atoms with van der Waals surface area (Å²) >= 11 is 1.50. The van der Waals surface area contributed by atoms with Gasteiger partial charge in [-0.3, -0.25) is 5.32 Å². The Bertz CT molecular complexity index is 741. The first-order chi connectivity index (χ1) is 13.1.